The molecule has 4 aromatic rings. The van der Waals surface area contributed by atoms with Crippen molar-refractivity contribution in [1.82, 2.24) is 4.98 Å². The van der Waals surface area contributed by atoms with Crippen LogP contribution >= 0.6 is 46.4 Å². The van der Waals surface area contributed by atoms with Gasteiger partial charge in [0.25, 0.3) is 5.91 Å². The van der Waals surface area contributed by atoms with E-state index in [1.165, 1.54) is 36.7 Å². The smallest absolute Gasteiger partial charge is 0.354 e. The second-order valence-electron chi connectivity index (χ2n) is 8.31. The maximum Gasteiger partial charge on any atom is 0.354 e. The van der Waals surface area contributed by atoms with Gasteiger partial charge in [0.05, 0.1) is 31.3 Å². The number of pyridine rings is 1. The Balaban J connectivity index is 1.48. The highest BCUT2D eigenvalue weighted by Gasteiger charge is 2.22. The van der Waals surface area contributed by atoms with E-state index in [0.29, 0.717) is 16.9 Å². The minimum atomic E-state index is -0.972. The van der Waals surface area contributed by atoms with E-state index in [9.17, 15) is 18.4 Å². The predicted octanol–water partition coefficient (Wildman–Crippen LogP) is 7.82. The highest BCUT2D eigenvalue weighted by molar-refractivity contribution is 6.40. The number of amides is 1. The fourth-order valence-electron chi connectivity index (χ4n) is 3.50. The zero-order valence-corrected chi connectivity index (χ0v) is 23.2. The summed E-state index contributed by atoms with van der Waals surface area (Å²) in [6, 6.07) is 13.3. The lowest BCUT2D eigenvalue weighted by Crippen LogP contribution is -2.34. The molecule has 0 bridgehead atoms. The van der Waals surface area contributed by atoms with Crippen molar-refractivity contribution in [2.45, 2.75) is 12.5 Å². The van der Waals surface area contributed by atoms with Gasteiger partial charge in [0.15, 0.2) is 0 Å². The number of benzene rings is 3. The van der Waals surface area contributed by atoms with E-state index in [0.717, 1.165) is 12.1 Å². The van der Waals surface area contributed by atoms with Gasteiger partial charge in [0, 0.05) is 30.2 Å². The molecule has 1 heterocycles. The van der Waals surface area contributed by atoms with Gasteiger partial charge in [-0.3, -0.25) is 9.78 Å². The molecule has 1 unspecified atom stereocenters. The van der Waals surface area contributed by atoms with Crippen LogP contribution in [0.3, 0.4) is 0 Å². The molecule has 3 N–H and O–H groups in total. The maximum atomic E-state index is 13.6. The molecule has 0 saturated heterocycles. The molecule has 0 radical (unpaired) electrons. The van der Waals surface area contributed by atoms with Crippen LogP contribution in [-0.4, -0.2) is 22.9 Å². The van der Waals surface area contributed by atoms with Gasteiger partial charge in [0.2, 0.25) is 0 Å². The monoisotopic (exact) mass is 624 g/mol. The van der Waals surface area contributed by atoms with Crippen LogP contribution in [-0.2, 0) is 16.1 Å². The standard InChI is InChI=1S/C27H18Cl4F2N4O3/c28-18-10-16(5-7-22(18)32)35-24(27(39)40-37-17-6-8-23(33)19(29)11-17)9-14-1-3-15(4-2-14)36-26(38)25-20(30)12-34-13-21(25)31/h1-8,10-13,24,35,37H,9H2,(H,36,38). The normalized spacial score (nSPS) is 11.4. The molecular weight excluding hydrogens is 608 g/mol. The molecular formula is C27H18Cl4F2N4O3. The summed E-state index contributed by atoms with van der Waals surface area (Å²) < 4.78 is 27.1. The Morgan fingerprint density at radius 3 is 1.93 bits per heavy atom. The SMILES string of the molecule is O=C(Nc1ccc(CC(Nc2ccc(F)c(Cl)c2)C(=O)ONc2ccc(F)c(Cl)c2)cc1)c1c(Cl)cncc1Cl. The Morgan fingerprint density at radius 1 is 0.775 bits per heavy atom. The number of nitrogens with zero attached hydrogens (tertiary/aromatic N) is 1. The van der Waals surface area contributed by atoms with Crippen molar-refractivity contribution in [3.63, 3.8) is 0 Å². The van der Waals surface area contributed by atoms with Crippen LogP contribution in [0.5, 0.6) is 0 Å². The summed E-state index contributed by atoms with van der Waals surface area (Å²) in [7, 11) is 0. The first-order valence-corrected chi connectivity index (χ1v) is 12.9. The van der Waals surface area contributed by atoms with Crippen LogP contribution < -0.4 is 16.1 Å². The lowest BCUT2D eigenvalue weighted by atomic mass is 10.0. The van der Waals surface area contributed by atoms with Gasteiger partial charge in [0.1, 0.15) is 17.7 Å². The van der Waals surface area contributed by atoms with Crippen molar-refractivity contribution in [1.29, 1.82) is 0 Å². The average Bonchev–Trinajstić information content (AvgIpc) is 2.92. The molecule has 0 aliphatic carbocycles. The van der Waals surface area contributed by atoms with Gasteiger partial charge in [-0.25, -0.2) is 19.1 Å². The number of rotatable bonds is 9. The highest BCUT2D eigenvalue weighted by Crippen LogP contribution is 2.25. The molecule has 0 saturated carbocycles. The number of aromatic nitrogens is 1. The minimum Gasteiger partial charge on any atom is -0.372 e. The molecule has 3 aromatic carbocycles. The Labute approximate surface area is 247 Å². The van der Waals surface area contributed by atoms with Gasteiger partial charge < -0.3 is 15.5 Å². The Morgan fingerprint density at radius 2 is 1.32 bits per heavy atom. The van der Waals surface area contributed by atoms with Gasteiger partial charge in [-0.15, -0.1) is 0 Å². The summed E-state index contributed by atoms with van der Waals surface area (Å²) in [6.07, 6.45) is 2.74. The van der Waals surface area contributed by atoms with Crippen molar-refractivity contribution < 1.29 is 23.2 Å². The Bertz CT molecular complexity index is 1540. The summed E-state index contributed by atoms with van der Waals surface area (Å²) in [5, 5.41) is 5.59. The molecule has 1 amide bonds. The number of nitrogens with one attached hydrogen (secondary N) is 3. The zero-order valence-electron chi connectivity index (χ0n) is 20.2. The molecule has 4 rings (SSSR count). The van der Waals surface area contributed by atoms with E-state index >= 15 is 0 Å². The van der Waals surface area contributed by atoms with Gasteiger partial charge in [-0.05, 0) is 54.1 Å². The fraction of sp³-hybridized carbons (Fsp3) is 0.0741. The minimum absolute atomic E-state index is 0.0855. The lowest BCUT2D eigenvalue weighted by Gasteiger charge is -2.19. The lowest BCUT2D eigenvalue weighted by molar-refractivity contribution is -0.141. The van der Waals surface area contributed by atoms with Crippen LogP contribution in [0.1, 0.15) is 15.9 Å². The molecule has 7 nitrogen and oxygen atoms in total. The molecule has 1 atom stereocenters. The maximum absolute atomic E-state index is 13.6. The zero-order chi connectivity index (χ0) is 28.8. The number of carbonyl (C=O) groups excluding carboxylic acids is 2. The van der Waals surface area contributed by atoms with Crippen molar-refractivity contribution in [2.24, 2.45) is 0 Å². The van der Waals surface area contributed by atoms with E-state index in [1.54, 1.807) is 24.3 Å². The van der Waals surface area contributed by atoms with E-state index in [2.05, 4.69) is 21.1 Å². The number of hydrogen-bond donors (Lipinski definition) is 3. The molecule has 0 spiro atoms. The van der Waals surface area contributed by atoms with Crippen LogP contribution in [0.25, 0.3) is 0 Å². The van der Waals surface area contributed by atoms with Gasteiger partial charge >= 0.3 is 5.97 Å². The summed E-state index contributed by atoms with van der Waals surface area (Å²) in [5.41, 5.74) is 4.28. The van der Waals surface area contributed by atoms with Crippen LogP contribution in [0.4, 0.5) is 25.8 Å². The quantitative estimate of drug-likeness (QED) is 0.164. The first-order valence-electron chi connectivity index (χ1n) is 11.4. The third-order valence-corrected chi connectivity index (χ3v) is 6.62. The number of carbonyl (C=O) groups is 2. The molecule has 0 fully saturated rings. The highest BCUT2D eigenvalue weighted by atomic mass is 35.5. The number of hydrogen-bond acceptors (Lipinski definition) is 6. The Hall–Kier alpha value is -3.63. The Kier molecular flexibility index (Phi) is 9.65. The molecule has 13 heteroatoms. The first-order chi connectivity index (χ1) is 19.1. The summed E-state index contributed by atoms with van der Waals surface area (Å²) >= 11 is 23.8. The van der Waals surface area contributed by atoms with Crippen LogP contribution in [0.2, 0.25) is 20.1 Å². The first kappa shape index (κ1) is 29.4. The topological polar surface area (TPSA) is 92.4 Å². The van der Waals surface area contributed by atoms with E-state index < -0.39 is 29.6 Å². The van der Waals surface area contributed by atoms with E-state index in [1.807, 2.05) is 0 Å². The third-order valence-electron chi connectivity index (χ3n) is 5.47. The van der Waals surface area contributed by atoms with Gasteiger partial charge in [-0.1, -0.05) is 58.5 Å². The molecule has 40 heavy (non-hydrogen) atoms. The van der Waals surface area contributed by atoms with E-state index in [4.69, 9.17) is 51.2 Å². The molecule has 0 aliphatic rings. The van der Waals surface area contributed by atoms with Crippen molar-refractivity contribution in [3.8, 4) is 0 Å². The van der Waals surface area contributed by atoms with Crippen LogP contribution in [0, 0.1) is 11.6 Å². The summed E-state index contributed by atoms with van der Waals surface area (Å²) in [4.78, 5) is 34.7. The average molecular weight is 626 g/mol. The largest absolute Gasteiger partial charge is 0.372 e. The number of anilines is 3. The summed E-state index contributed by atoms with van der Waals surface area (Å²) in [6.45, 7) is 0. The van der Waals surface area contributed by atoms with E-state index in [-0.39, 0.29) is 37.8 Å². The summed E-state index contributed by atoms with van der Waals surface area (Å²) in [5.74, 6) is -2.50. The third kappa shape index (κ3) is 7.51. The van der Waals surface area contributed by atoms with Crippen LogP contribution in [0.15, 0.2) is 73.1 Å². The second kappa shape index (κ2) is 13.1. The van der Waals surface area contributed by atoms with Crippen molar-refractivity contribution in [2.75, 3.05) is 16.1 Å². The second-order valence-corrected chi connectivity index (χ2v) is 9.94. The predicted molar refractivity (Wildman–Crippen MR) is 152 cm³/mol. The van der Waals surface area contributed by atoms with Crippen molar-refractivity contribution in [3.05, 3.63) is 116 Å². The number of halogens is 6. The van der Waals surface area contributed by atoms with Crippen molar-refractivity contribution >= 4 is 75.3 Å². The fourth-order valence-corrected chi connectivity index (χ4v) is 4.40. The molecule has 206 valence electrons. The molecule has 0 aliphatic heterocycles. The molecule has 1 aromatic heterocycles. The van der Waals surface area contributed by atoms with Gasteiger partial charge in [-0.2, -0.15) is 0 Å².